The Bertz CT molecular complexity index is 1220. The predicted molar refractivity (Wildman–Crippen MR) is 169 cm³/mol. The van der Waals surface area contributed by atoms with Gasteiger partial charge in [-0.25, -0.2) is 14.4 Å². The van der Waals surface area contributed by atoms with E-state index >= 15 is 4.39 Å². The normalized spacial score (nSPS) is 25.5. The maximum Gasteiger partial charge on any atom is 0.159 e. The number of benzene rings is 1. The Morgan fingerprint density at radius 1 is 1.17 bits per heavy atom. The van der Waals surface area contributed by atoms with E-state index < -0.39 is 0 Å². The summed E-state index contributed by atoms with van der Waals surface area (Å²) >= 11 is 0. The van der Waals surface area contributed by atoms with Crippen LogP contribution in [0.1, 0.15) is 102 Å². The van der Waals surface area contributed by atoms with Crippen molar-refractivity contribution in [3.63, 3.8) is 0 Å². The minimum atomic E-state index is -0.236. The molecule has 4 unspecified atom stereocenters. The Labute approximate surface area is 246 Å². The SMILES string of the molecule is C=N/C=C\C(=C/CCCCCNC)c1nc(-c2ccccc2F)c2c(n1)C1CCC3(CCCO3)C(C)C1CC2.CC. The molecule has 41 heavy (non-hydrogen) atoms. The summed E-state index contributed by atoms with van der Waals surface area (Å²) in [6.07, 6.45) is 16.6. The van der Waals surface area contributed by atoms with Crippen LogP contribution in [0.2, 0.25) is 0 Å². The molecule has 1 aromatic carbocycles. The molecular weight excluding hydrogens is 511 g/mol. The van der Waals surface area contributed by atoms with E-state index in [2.05, 4.69) is 30.0 Å². The number of unbranched alkanes of at least 4 members (excludes halogenated alkanes) is 3. The highest BCUT2D eigenvalue weighted by atomic mass is 19.1. The second-order valence-electron chi connectivity index (χ2n) is 11.5. The molecule has 222 valence electrons. The maximum absolute atomic E-state index is 15.2. The first kappa shape index (κ1) is 31.2. The molecular formula is C35H49FN4O. The van der Waals surface area contributed by atoms with Crippen LogP contribution in [-0.4, -0.2) is 42.5 Å². The highest BCUT2D eigenvalue weighted by Crippen LogP contribution is 2.55. The number of fused-ring (bicyclic) bond motifs is 3. The van der Waals surface area contributed by atoms with Crippen molar-refractivity contribution < 1.29 is 9.13 Å². The lowest BCUT2D eigenvalue weighted by Crippen LogP contribution is -2.47. The van der Waals surface area contributed by atoms with Crippen molar-refractivity contribution in [2.45, 2.75) is 96.5 Å². The van der Waals surface area contributed by atoms with E-state index in [1.807, 2.05) is 39.1 Å². The van der Waals surface area contributed by atoms with Crippen molar-refractivity contribution in [3.05, 3.63) is 65.5 Å². The molecule has 0 amide bonds. The first-order valence-electron chi connectivity index (χ1n) is 15.8. The van der Waals surface area contributed by atoms with E-state index in [0.29, 0.717) is 29.1 Å². The van der Waals surface area contributed by atoms with Crippen LogP contribution in [0.4, 0.5) is 4.39 Å². The van der Waals surface area contributed by atoms with E-state index in [-0.39, 0.29) is 11.4 Å². The molecule has 2 aliphatic carbocycles. The molecule has 1 saturated carbocycles. The highest BCUT2D eigenvalue weighted by molar-refractivity contribution is 5.73. The number of aliphatic imine (C=N–C) groups is 1. The van der Waals surface area contributed by atoms with Gasteiger partial charge in [-0.1, -0.05) is 45.4 Å². The summed E-state index contributed by atoms with van der Waals surface area (Å²) in [6.45, 7) is 11.9. The number of halogens is 1. The minimum Gasteiger partial charge on any atom is -0.375 e. The first-order valence-corrected chi connectivity index (χ1v) is 15.8. The van der Waals surface area contributed by atoms with Gasteiger partial charge in [-0.2, -0.15) is 0 Å². The van der Waals surface area contributed by atoms with Crippen LogP contribution < -0.4 is 5.32 Å². The fourth-order valence-corrected chi connectivity index (χ4v) is 7.26. The van der Waals surface area contributed by atoms with Crippen molar-refractivity contribution in [2.24, 2.45) is 16.8 Å². The average molecular weight is 561 g/mol. The third kappa shape index (κ3) is 6.86. The second-order valence-corrected chi connectivity index (χ2v) is 11.5. The van der Waals surface area contributed by atoms with E-state index in [1.165, 1.54) is 12.5 Å². The number of aromatic nitrogens is 2. The summed E-state index contributed by atoms with van der Waals surface area (Å²) in [5.41, 5.74) is 4.51. The van der Waals surface area contributed by atoms with Crippen LogP contribution in [0, 0.1) is 17.7 Å². The van der Waals surface area contributed by atoms with Crippen molar-refractivity contribution in [1.82, 2.24) is 15.3 Å². The van der Waals surface area contributed by atoms with Gasteiger partial charge in [0.05, 0.1) is 17.0 Å². The molecule has 1 N–H and O–H groups in total. The lowest BCUT2D eigenvalue weighted by atomic mass is 9.59. The fourth-order valence-electron chi connectivity index (χ4n) is 7.26. The van der Waals surface area contributed by atoms with Gasteiger partial charge in [0.2, 0.25) is 0 Å². The standard InChI is InChI=1S/C33H43FN4O.C2H6/c1-23-25-14-15-28-30(26(25)16-19-33(23)18-10-22-39-33)37-32(38-31(28)27-12-7-8-13-29(27)34)24(17-21-36-3)11-6-4-5-9-20-35-2;1-2/h7-8,11-13,17,21,23,25-26,35H,3-6,9-10,14-16,18-20,22H2,1-2H3;1-2H3/b21-17-,24-11+;. The molecule has 1 saturated heterocycles. The number of ether oxygens (including phenoxy) is 1. The molecule has 1 spiro atoms. The maximum atomic E-state index is 15.2. The van der Waals surface area contributed by atoms with E-state index in [4.69, 9.17) is 14.7 Å². The lowest BCUT2D eigenvalue weighted by molar-refractivity contribution is -0.0932. The van der Waals surface area contributed by atoms with Crippen LogP contribution in [0.3, 0.4) is 0 Å². The first-order chi connectivity index (χ1) is 20.1. The van der Waals surface area contributed by atoms with E-state index in [9.17, 15) is 0 Å². The molecule has 0 radical (unpaired) electrons. The summed E-state index contributed by atoms with van der Waals surface area (Å²) in [7, 11) is 1.99. The molecule has 0 bridgehead atoms. The Hall–Kier alpha value is -2.70. The van der Waals surface area contributed by atoms with E-state index in [0.717, 1.165) is 93.5 Å². The zero-order chi connectivity index (χ0) is 29.2. The minimum absolute atomic E-state index is 0.0274. The lowest BCUT2D eigenvalue weighted by Gasteiger charge is -2.49. The summed E-state index contributed by atoms with van der Waals surface area (Å²) in [4.78, 5) is 14.3. The van der Waals surface area contributed by atoms with E-state index in [1.54, 1.807) is 12.3 Å². The molecule has 1 aromatic heterocycles. The van der Waals surface area contributed by atoms with Crippen LogP contribution in [0.15, 0.2) is 47.6 Å². The van der Waals surface area contributed by atoms with Crippen LogP contribution >= 0.6 is 0 Å². The molecule has 4 atom stereocenters. The van der Waals surface area contributed by atoms with Gasteiger partial charge in [0.15, 0.2) is 5.82 Å². The summed E-state index contributed by atoms with van der Waals surface area (Å²) < 4.78 is 21.6. The van der Waals surface area contributed by atoms with Gasteiger partial charge in [-0.15, -0.1) is 0 Å². The quantitative estimate of drug-likeness (QED) is 0.180. The van der Waals surface area contributed by atoms with Crippen LogP contribution in [-0.2, 0) is 11.2 Å². The third-order valence-corrected chi connectivity index (χ3v) is 9.36. The Balaban J connectivity index is 0.00000189. The molecule has 2 heterocycles. The molecule has 3 aliphatic rings. The molecule has 1 aliphatic heterocycles. The highest BCUT2D eigenvalue weighted by Gasteiger charge is 2.51. The Kier molecular flexibility index (Phi) is 11.4. The number of hydrogen-bond acceptors (Lipinski definition) is 5. The van der Waals surface area contributed by atoms with Gasteiger partial charge >= 0.3 is 0 Å². The number of rotatable bonds is 10. The van der Waals surface area contributed by atoms with Crippen molar-refractivity contribution in [2.75, 3.05) is 20.2 Å². The van der Waals surface area contributed by atoms with Gasteiger partial charge in [-0.3, -0.25) is 4.99 Å². The largest absolute Gasteiger partial charge is 0.375 e. The summed E-state index contributed by atoms with van der Waals surface area (Å²) in [5, 5.41) is 3.21. The molecule has 2 fully saturated rings. The predicted octanol–water partition coefficient (Wildman–Crippen LogP) is 8.31. The molecule has 5 rings (SSSR count). The monoisotopic (exact) mass is 560 g/mol. The molecule has 5 nitrogen and oxygen atoms in total. The molecule has 2 aromatic rings. The van der Waals surface area contributed by atoms with Crippen molar-refractivity contribution in [1.29, 1.82) is 0 Å². The number of nitrogens with zero attached hydrogens (tertiary/aromatic N) is 3. The zero-order valence-electron chi connectivity index (χ0n) is 25.6. The fraction of sp³-hybridized carbons (Fsp3) is 0.571. The van der Waals surface area contributed by atoms with Gasteiger partial charge in [0, 0.05) is 35.4 Å². The number of allylic oxidation sites excluding steroid dienone is 3. The van der Waals surface area contributed by atoms with Gasteiger partial charge < -0.3 is 10.1 Å². The summed E-state index contributed by atoms with van der Waals surface area (Å²) in [5.74, 6) is 1.77. The topological polar surface area (TPSA) is 59.4 Å². The van der Waals surface area contributed by atoms with Crippen molar-refractivity contribution >= 4 is 12.3 Å². The van der Waals surface area contributed by atoms with Gasteiger partial charge in [0.25, 0.3) is 0 Å². The Morgan fingerprint density at radius 2 is 2.00 bits per heavy atom. The van der Waals surface area contributed by atoms with Gasteiger partial charge in [-0.05, 0) is 108 Å². The zero-order valence-corrected chi connectivity index (χ0v) is 25.6. The Morgan fingerprint density at radius 3 is 2.73 bits per heavy atom. The van der Waals surface area contributed by atoms with Crippen LogP contribution in [0.5, 0.6) is 0 Å². The second kappa shape index (κ2) is 15.0. The average Bonchev–Trinajstić information content (AvgIpc) is 3.48. The van der Waals surface area contributed by atoms with Crippen molar-refractivity contribution in [3.8, 4) is 11.3 Å². The van der Waals surface area contributed by atoms with Crippen LogP contribution in [0.25, 0.3) is 16.8 Å². The summed E-state index contributed by atoms with van der Waals surface area (Å²) in [6, 6.07) is 7.02. The molecule has 6 heteroatoms. The third-order valence-electron chi connectivity index (χ3n) is 9.36. The number of hydrogen-bond donors (Lipinski definition) is 1. The smallest absolute Gasteiger partial charge is 0.159 e. The van der Waals surface area contributed by atoms with Gasteiger partial charge in [0.1, 0.15) is 5.82 Å². The number of nitrogens with one attached hydrogen (secondary N) is 1.